The standard InChI is InChI=1S/C18H24N4O3/c1-19-14-4-3-11-22(12-14)17(23)10-9-16-20-18(21-25-16)13-5-7-15(24-2)8-6-13/h5-8,14,19H,3-4,9-12H2,1-2H3. The molecule has 1 atom stereocenters. The van der Waals surface area contributed by atoms with E-state index in [-0.39, 0.29) is 5.91 Å². The van der Waals surface area contributed by atoms with Crippen molar-refractivity contribution in [3.63, 3.8) is 0 Å². The van der Waals surface area contributed by atoms with E-state index in [9.17, 15) is 4.79 Å². The molecule has 1 amide bonds. The van der Waals surface area contributed by atoms with Crippen molar-refractivity contribution in [3.05, 3.63) is 30.2 Å². The first-order valence-electron chi connectivity index (χ1n) is 8.61. The summed E-state index contributed by atoms with van der Waals surface area (Å²) < 4.78 is 10.4. The van der Waals surface area contributed by atoms with Crippen LogP contribution < -0.4 is 10.1 Å². The second-order valence-corrected chi connectivity index (χ2v) is 6.21. The minimum absolute atomic E-state index is 0.143. The number of ether oxygens (including phenoxy) is 1. The van der Waals surface area contributed by atoms with Gasteiger partial charge in [-0.25, -0.2) is 0 Å². The molecule has 2 heterocycles. The fraction of sp³-hybridized carbons (Fsp3) is 0.500. The molecule has 134 valence electrons. The third-order valence-corrected chi connectivity index (χ3v) is 4.55. The summed E-state index contributed by atoms with van der Waals surface area (Å²) in [6.07, 6.45) is 3.01. The van der Waals surface area contributed by atoms with E-state index in [1.54, 1.807) is 7.11 Å². The van der Waals surface area contributed by atoms with Crippen LogP contribution in [-0.4, -0.2) is 54.2 Å². The van der Waals surface area contributed by atoms with Gasteiger partial charge in [0.25, 0.3) is 0 Å². The average Bonchev–Trinajstić information content (AvgIpc) is 3.15. The molecule has 1 aromatic heterocycles. The Morgan fingerprint density at radius 2 is 2.20 bits per heavy atom. The molecule has 0 bridgehead atoms. The van der Waals surface area contributed by atoms with E-state index in [0.717, 1.165) is 37.2 Å². The number of hydrogen-bond acceptors (Lipinski definition) is 6. The molecule has 1 aromatic carbocycles. The number of rotatable bonds is 6. The van der Waals surface area contributed by atoms with Crippen molar-refractivity contribution in [1.82, 2.24) is 20.4 Å². The molecule has 1 aliphatic rings. The lowest BCUT2D eigenvalue weighted by Gasteiger charge is -2.32. The number of carbonyl (C=O) groups is 1. The Balaban J connectivity index is 1.55. The van der Waals surface area contributed by atoms with Crippen molar-refractivity contribution in [2.75, 3.05) is 27.2 Å². The number of benzene rings is 1. The zero-order valence-electron chi connectivity index (χ0n) is 14.7. The van der Waals surface area contributed by atoms with Crippen molar-refractivity contribution in [2.45, 2.75) is 31.7 Å². The monoisotopic (exact) mass is 344 g/mol. The van der Waals surface area contributed by atoms with Gasteiger partial charge < -0.3 is 19.5 Å². The molecule has 2 aromatic rings. The molecule has 7 heteroatoms. The molecule has 0 spiro atoms. The van der Waals surface area contributed by atoms with Crippen LogP contribution >= 0.6 is 0 Å². The predicted molar refractivity (Wildman–Crippen MR) is 93.3 cm³/mol. The Kier molecular flexibility index (Phi) is 5.65. The first kappa shape index (κ1) is 17.4. The van der Waals surface area contributed by atoms with Crippen molar-refractivity contribution >= 4 is 5.91 Å². The van der Waals surface area contributed by atoms with Gasteiger partial charge in [-0.15, -0.1) is 0 Å². The van der Waals surface area contributed by atoms with E-state index in [2.05, 4.69) is 15.5 Å². The second kappa shape index (κ2) is 8.11. The van der Waals surface area contributed by atoms with E-state index >= 15 is 0 Å². The highest BCUT2D eigenvalue weighted by atomic mass is 16.5. The number of nitrogens with one attached hydrogen (secondary N) is 1. The lowest BCUT2D eigenvalue weighted by molar-refractivity contribution is -0.132. The predicted octanol–water partition coefficient (Wildman–Crippen LogP) is 1.89. The zero-order valence-corrected chi connectivity index (χ0v) is 14.7. The number of aryl methyl sites for hydroxylation is 1. The molecular formula is C18H24N4O3. The molecule has 1 unspecified atom stereocenters. The maximum Gasteiger partial charge on any atom is 0.227 e. The van der Waals surface area contributed by atoms with E-state index in [1.165, 1.54) is 0 Å². The smallest absolute Gasteiger partial charge is 0.227 e. The SMILES string of the molecule is CNC1CCCN(C(=O)CCc2nc(-c3ccc(OC)cc3)no2)C1. The summed E-state index contributed by atoms with van der Waals surface area (Å²) >= 11 is 0. The fourth-order valence-corrected chi connectivity index (χ4v) is 3.03. The molecular weight excluding hydrogens is 320 g/mol. The highest BCUT2D eigenvalue weighted by Crippen LogP contribution is 2.20. The molecule has 1 saturated heterocycles. The van der Waals surface area contributed by atoms with Crippen LogP contribution in [0.3, 0.4) is 0 Å². The number of likely N-dealkylation sites (tertiary alicyclic amines) is 1. The largest absolute Gasteiger partial charge is 0.497 e. The van der Waals surface area contributed by atoms with Gasteiger partial charge >= 0.3 is 0 Å². The van der Waals surface area contributed by atoms with Crippen LogP contribution in [0.5, 0.6) is 5.75 Å². The molecule has 1 N–H and O–H groups in total. The average molecular weight is 344 g/mol. The summed E-state index contributed by atoms with van der Waals surface area (Å²) in [4.78, 5) is 18.7. The number of carbonyl (C=O) groups excluding carboxylic acids is 1. The third-order valence-electron chi connectivity index (χ3n) is 4.55. The molecule has 0 aliphatic carbocycles. The van der Waals surface area contributed by atoms with E-state index in [4.69, 9.17) is 9.26 Å². The summed E-state index contributed by atoms with van der Waals surface area (Å²) in [7, 11) is 3.57. The number of amides is 1. The number of piperidine rings is 1. The van der Waals surface area contributed by atoms with E-state index in [1.807, 2.05) is 36.2 Å². The van der Waals surface area contributed by atoms with Crippen molar-refractivity contribution in [1.29, 1.82) is 0 Å². The van der Waals surface area contributed by atoms with E-state index in [0.29, 0.717) is 30.6 Å². The highest BCUT2D eigenvalue weighted by molar-refractivity contribution is 5.76. The van der Waals surface area contributed by atoms with Crippen molar-refractivity contribution in [3.8, 4) is 17.1 Å². The molecule has 0 saturated carbocycles. The van der Waals surface area contributed by atoms with Crippen LogP contribution in [-0.2, 0) is 11.2 Å². The van der Waals surface area contributed by atoms with Crippen LogP contribution in [0.1, 0.15) is 25.2 Å². The Bertz CT molecular complexity index is 699. The quantitative estimate of drug-likeness (QED) is 0.862. The number of likely N-dealkylation sites (N-methyl/N-ethyl adjacent to an activating group) is 1. The molecule has 25 heavy (non-hydrogen) atoms. The molecule has 0 radical (unpaired) electrons. The van der Waals surface area contributed by atoms with Gasteiger partial charge in [-0.2, -0.15) is 4.98 Å². The van der Waals surface area contributed by atoms with Gasteiger partial charge in [-0.1, -0.05) is 5.16 Å². The number of methoxy groups -OCH3 is 1. The zero-order chi connectivity index (χ0) is 17.6. The lowest BCUT2D eigenvalue weighted by atomic mass is 10.1. The number of nitrogens with zero attached hydrogens (tertiary/aromatic N) is 3. The molecule has 1 fully saturated rings. The van der Waals surface area contributed by atoms with Gasteiger partial charge in [0.2, 0.25) is 17.6 Å². The Hall–Kier alpha value is -2.41. The molecule has 3 rings (SSSR count). The lowest BCUT2D eigenvalue weighted by Crippen LogP contribution is -2.47. The molecule has 1 aliphatic heterocycles. The van der Waals surface area contributed by atoms with Crippen LogP contribution in [0.4, 0.5) is 0 Å². The maximum atomic E-state index is 12.4. The second-order valence-electron chi connectivity index (χ2n) is 6.21. The highest BCUT2D eigenvalue weighted by Gasteiger charge is 2.22. The fourth-order valence-electron chi connectivity index (χ4n) is 3.03. The van der Waals surface area contributed by atoms with Crippen LogP contribution in [0, 0.1) is 0 Å². The topological polar surface area (TPSA) is 80.5 Å². The maximum absolute atomic E-state index is 12.4. The Morgan fingerprint density at radius 3 is 2.92 bits per heavy atom. The van der Waals surface area contributed by atoms with Gasteiger partial charge in [0, 0.05) is 37.5 Å². The van der Waals surface area contributed by atoms with Gasteiger partial charge in [-0.3, -0.25) is 4.79 Å². The van der Waals surface area contributed by atoms with E-state index < -0.39 is 0 Å². The van der Waals surface area contributed by atoms with Gasteiger partial charge in [-0.05, 0) is 44.2 Å². The van der Waals surface area contributed by atoms with Crippen LogP contribution in [0.15, 0.2) is 28.8 Å². The van der Waals surface area contributed by atoms with Gasteiger partial charge in [0.15, 0.2) is 0 Å². The minimum atomic E-state index is 0.143. The summed E-state index contributed by atoms with van der Waals surface area (Å²) in [5.74, 6) is 1.93. The normalized spacial score (nSPS) is 17.5. The number of aromatic nitrogens is 2. The van der Waals surface area contributed by atoms with Gasteiger partial charge in [0.1, 0.15) is 5.75 Å². The first-order valence-corrected chi connectivity index (χ1v) is 8.61. The minimum Gasteiger partial charge on any atom is -0.497 e. The first-order chi connectivity index (χ1) is 12.2. The summed E-state index contributed by atoms with van der Waals surface area (Å²) in [6, 6.07) is 7.85. The number of hydrogen-bond donors (Lipinski definition) is 1. The third kappa shape index (κ3) is 4.36. The van der Waals surface area contributed by atoms with Gasteiger partial charge in [0.05, 0.1) is 7.11 Å². The van der Waals surface area contributed by atoms with Crippen molar-refractivity contribution in [2.24, 2.45) is 0 Å². The molecule has 7 nitrogen and oxygen atoms in total. The van der Waals surface area contributed by atoms with Crippen LogP contribution in [0.25, 0.3) is 11.4 Å². The Labute approximate surface area is 147 Å². The Morgan fingerprint density at radius 1 is 1.40 bits per heavy atom. The van der Waals surface area contributed by atoms with Crippen molar-refractivity contribution < 1.29 is 14.1 Å². The van der Waals surface area contributed by atoms with Crippen LogP contribution in [0.2, 0.25) is 0 Å². The summed E-state index contributed by atoms with van der Waals surface area (Å²) in [5.41, 5.74) is 0.856. The summed E-state index contributed by atoms with van der Waals surface area (Å²) in [5, 5.41) is 7.24. The summed E-state index contributed by atoms with van der Waals surface area (Å²) in [6.45, 7) is 1.61.